The van der Waals surface area contributed by atoms with Gasteiger partial charge in [0.05, 0.1) is 11.5 Å². The molecule has 144 valence electrons. The van der Waals surface area contributed by atoms with E-state index in [0.29, 0.717) is 5.82 Å². The maximum atomic E-state index is 11.1. The Hall–Kier alpha value is -3.59. The van der Waals surface area contributed by atoms with E-state index >= 15 is 0 Å². The Kier molecular flexibility index (Phi) is 5.75. The van der Waals surface area contributed by atoms with Gasteiger partial charge in [0, 0.05) is 19.1 Å². The van der Waals surface area contributed by atoms with Gasteiger partial charge in [0.25, 0.3) is 5.69 Å². The molecule has 1 atom stereocenters. The lowest BCUT2D eigenvalue weighted by Crippen LogP contribution is -2.14. The van der Waals surface area contributed by atoms with Crippen LogP contribution in [0.25, 0.3) is 0 Å². The van der Waals surface area contributed by atoms with Crippen LogP contribution in [0.2, 0.25) is 0 Å². The van der Waals surface area contributed by atoms with Crippen LogP contribution >= 0.6 is 0 Å². The SMILES string of the molecule is Cc1ncc([N+](=O)[O-])n1CCOC(c1ccccc1)c1ccc([N+](=O)[O-])cc1. The largest absolute Gasteiger partial charge is 0.365 e. The highest BCUT2D eigenvalue weighted by Crippen LogP contribution is 2.27. The molecule has 0 radical (unpaired) electrons. The average Bonchev–Trinajstić information content (AvgIpc) is 3.07. The molecule has 0 saturated carbocycles. The second-order valence-corrected chi connectivity index (χ2v) is 6.08. The summed E-state index contributed by atoms with van der Waals surface area (Å²) in [6.45, 7) is 2.16. The summed E-state index contributed by atoms with van der Waals surface area (Å²) in [7, 11) is 0. The first-order chi connectivity index (χ1) is 13.5. The van der Waals surface area contributed by atoms with E-state index in [1.807, 2.05) is 30.3 Å². The lowest BCUT2D eigenvalue weighted by molar-refractivity contribution is -0.392. The average molecular weight is 382 g/mol. The summed E-state index contributed by atoms with van der Waals surface area (Å²) in [5.74, 6) is 0.439. The van der Waals surface area contributed by atoms with Crippen molar-refractivity contribution in [3.05, 3.63) is 98.0 Å². The third-order valence-electron chi connectivity index (χ3n) is 4.33. The minimum atomic E-state index is -0.481. The van der Waals surface area contributed by atoms with Crippen LogP contribution in [-0.2, 0) is 11.3 Å². The van der Waals surface area contributed by atoms with Crippen LogP contribution in [0.4, 0.5) is 11.5 Å². The second-order valence-electron chi connectivity index (χ2n) is 6.08. The summed E-state index contributed by atoms with van der Waals surface area (Å²) in [6, 6.07) is 15.6. The van der Waals surface area contributed by atoms with Crippen molar-refractivity contribution >= 4 is 11.5 Å². The van der Waals surface area contributed by atoms with Crippen molar-refractivity contribution in [2.24, 2.45) is 0 Å². The number of rotatable bonds is 8. The van der Waals surface area contributed by atoms with Gasteiger partial charge in [-0.15, -0.1) is 0 Å². The molecule has 28 heavy (non-hydrogen) atoms. The third kappa shape index (κ3) is 4.21. The van der Waals surface area contributed by atoms with Crippen LogP contribution in [-0.4, -0.2) is 26.0 Å². The number of ether oxygens (including phenoxy) is 1. The number of nitrogens with zero attached hydrogens (tertiary/aromatic N) is 4. The van der Waals surface area contributed by atoms with E-state index in [4.69, 9.17) is 4.74 Å². The van der Waals surface area contributed by atoms with Crippen LogP contribution in [0, 0.1) is 27.2 Å². The molecule has 2 aromatic carbocycles. The van der Waals surface area contributed by atoms with E-state index in [1.165, 1.54) is 22.9 Å². The monoisotopic (exact) mass is 382 g/mol. The van der Waals surface area contributed by atoms with Gasteiger partial charge in [-0.2, -0.15) is 0 Å². The number of aryl methyl sites for hydroxylation is 1. The van der Waals surface area contributed by atoms with Crippen LogP contribution < -0.4 is 0 Å². The van der Waals surface area contributed by atoms with Crippen LogP contribution in [0.15, 0.2) is 60.8 Å². The summed E-state index contributed by atoms with van der Waals surface area (Å²) in [5, 5.41) is 22.0. The third-order valence-corrected chi connectivity index (χ3v) is 4.33. The van der Waals surface area contributed by atoms with Gasteiger partial charge in [0.1, 0.15) is 18.8 Å². The van der Waals surface area contributed by atoms with Crippen LogP contribution in [0.5, 0.6) is 0 Å². The van der Waals surface area contributed by atoms with E-state index in [1.54, 1.807) is 19.1 Å². The fourth-order valence-electron chi connectivity index (χ4n) is 2.92. The van der Waals surface area contributed by atoms with E-state index in [-0.39, 0.29) is 24.7 Å². The summed E-state index contributed by atoms with van der Waals surface area (Å²) in [5.41, 5.74) is 1.64. The first kappa shape index (κ1) is 19.2. The lowest BCUT2D eigenvalue weighted by Gasteiger charge is -2.18. The molecule has 1 unspecified atom stereocenters. The molecule has 9 heteroatoms. The predicted molar refractivity (Wildman–Crippen MR) is 101 cm³/mol. The Morgan fingerprint density at radius 2 is 1.64 bits per heavy atom. The lowest BCUT2D eigenvalue weighted by atomic mass is 10.0. The Morgan fingerprint density at radius 3 is 2.25 bits per heavy atom. The Balaban J connectivity index is 1.80. The van der Waals surface area contributed by atoms with Crippen LogP contribution in [0.3, 0.4) is 0 Å². The maximum Gasteiger partial charge on any atom is 0.342 e. The molecule has 0 amide bonds. The summed E-state index contributed by atoms with van der Waals surface area (Å²) >= 11 is 0. The molecular weight excluding hydrogens is 364 g/mol. The van der Waals surface area contributed by atoms with Gasteiger partial charge in [-0.3, -0.25) is 10.1 Å². The predicted octanol–water partition coefficient (Wildman–Crippen LogP) is 3.81. The van der Waals surface area contributed by atoms with Crippen molar-refractivity contribution in [3.63, 3.8) is 0 Å². The molecule has 1 aromatic heterocycles. The summed E-state index contributed by atoms with van der Waals surface area (Å²) in [6.07, 6.45) is 0.769. The highest BCUT2D eigenvalue weighted by molar-refractivity contribution is 5.37. The number of imidazole rings is 1. The molecule has 3 rings (SSSR count). The number of aromatic nitrogens is 2. The summed E-state index contributed by atoms with van der Waals surface area (Å²) in [4.78, 5) is 25.0. The Labute approximate surface area is 160 Å². The fourth-order valence-corrected chi connectivity index (χ4v) is 2.92. The molecule has 0 bridgehead atoms. The second kappa shape index (κ2) is 8.40. The number of hydrogen-bond donors (Lipinski definition) is 0. The van der Waals surface area contributed by atoms with Crippen molar-refractivity contribution in [2.45, 2.75) is 19.6 Å². The molecule has 3 aromatic rings. The highest BCUT2D eigenvalue weighted by Gasteiger charge is 2.20. The first-order valence-electron chi connectivity index (χ1n) is 8.55. The zero-order chi connectivity index (χ0) is 20.1. The highest BCUT2D eigenvalue weighted by atomic mass is 16.6. The number of benzene rings is 2. The van der Waals surface area contributed by atoms with E-state index in [9.17, 15) is 20.2 Å². The molecule has 0 spiro atoms. The molecule has 0 N–H and O–H groups in total. The zero-order valence-corrected chi connectivity index (χ0v) is 15.1. The normalized spacial score (nSPS) is 11.9. The van der Waals surface area contributed by atoms with E-state index in [2.05, 4.69) is 4.98 Å². The molecule has 0 aliphatic rings. The van der Waals surface area contributed by atoms with Gasteiger partial charge in [0.15, 0.2) is 5.82 Å². The Bertz CT molecular complexity index is 970. The van der Waals surface area contributed by atoms with Crippen molar-refractivity contribution < 1.29 is 14.6 Å². The van der Waals surface area contributed by atoms with Gasteiger partial charge in [0.2, 0.25) is 0 Å². The van der Waals surface area contributed by atoms with E-state index in [0.717, 1.165) is 11.1 Å². The van der Waals surface area contributed by atoms with Crippen molar-refractivity contribution in [1.29, 1.82) is 0 Å². The number of hydrogen-bond acceptors (Lipinski definition) is 6. The van der Waals surface area contributed by atoms with Gasteiger partial charge in [-0.05, 0) is 28.2 Å². The smallest absolute Gasteiger partial charge is 0.342 e. The first-order valence-corrected chi connectivity index (χ1v) is 8.55. The molecule has 0 aliphatic heterocycles. The van der Waals surface area contributed by atoms with Gasteiger partial charge >= 0.3 is 5.82 Å². The van der Waals surface area contributed by atoms with Gasteiger partial charge < -0.3 is 14.9 Å². The number of nitro groups is 2. The molecule has 0 saturated heterocycles. The van der Waals surface area contributed by atoms with Crippen molar-refractivity contribution in [3.8, 4) is 0 Å². The summed E-state index contributed by atoms with van der Waals surface area (Å²) < 4.78 is 7.52. The molecule has 9 nitrogen and oxygen atoms in total. The van der Waals surface area contributed by atoms with Crippen molar-refractivity contribution in [2.75, 3.05) is 6.61 Å². The van der Waals surface area contributed by atoms with Crippen molar-refractivity contribution in [1.82, 2.24) is 9.55 Å². The van der Waals surface area contributed by atoms with E-state index < -0.39 is 16.0 Å². The number of nitro benzene ring substituents is 1. The zero-order valence-electron chi connectivity index (χ0n) is 15.1. The minimum Gasteiger partial charge on any atom is -0.365 e. The number of non-ortho nitro benzene ring substituents is 1. The quantitative estimate of drug-likeness (QED) is 0.432. The molecular formula is C19H18N4O5. The maximum absolute atomic E-state index is 11.1. The minimum absolute atomic E-state index is 0.000210. The standard InChI is InChI=1S/C19H18N4O5/c1-14-20-13-18(23(26)27)21(14)11-12-28-19(15-5-3-2-4-6-15)16-7-9-17(10-8-16)22(24)25/h2-10,13,19H,11-12H2,1H3. The molecule has 0 aliphatic carbocycles. The molecule has 0 fully saturated rings. The Morgan fingerprint density at radius 1 is 1.00 bits per heavy atom. The van der Waals surface area contributed by atoms with Crippen LogP contribution in [0.1, 0.15) is 23.1 Å². The fraction of sp³-hybridized carbons (Fsp3) is 0.211. The topological polar surface area (TPSA) is 113 Å². The molecule has 1 heterocycles. The van der Waals surface area contributed by atoms with Gasteiger partial charge in [-0.25, -0.2) is 9.55 Å². The van der Waals surface area contributed by atoms with Gasteiger partial charge in [-0.1, -0.05) is 30.3 Å².